The molecule has 0 aromatic heterocycles. The van der Waals surface area contributed by atoms with Crippen molar-refractivity contribution in [3.05, 3.63) is 0 Å². The van der Waals surface area contributed by atoms with Crippen LogP contribution in [0.1, 0.15) is 39.5 Å². The molecule has 0 radical (unpaired) electrons. The van der Waals surface area contributed by atoms with E-state index in [0.717, 1.165) is 38.8 Å². The molecule has 0 bridgehead atoms. The van der Waals surface area contributed by atoms with Crippen molar-refractivity contribution in [3.63, 3.8) is 0 Å². The maximum atomic E-state index is 10.9. The first-order chi connectivity index (χ1) is 8.35. The smallest absolute Gasteiger partial charge is 0.208 e. The van der Waals surface area contributed by atoms with Crippen molar-refractivity contribution in [2.45, 2.75) is 51.2 Å². The zero-order valence-corrected chi connectivity index (χ0v) is 12.5. The molecule has 0 spiro atoms. The van der Waals surface area contributed by atoms with E-state index in [4.69, 9.17) is 4.74 Å². The maximum Gasteiger partial charge on any atom is 0.208 e. The van der Waals surface area contributed by atoms with Gasteiger partial charge < -0.3 is 10.1 Å². The summed E-state index contributed by atoms with van der Waals surface area (Å²) in [6.07, 6.45) is 5.10. The highest BCUT2D eigenvalue weighted by Gasteiger charge is 2.31. The van der Waals surface area contributed by atoms with Crippen LogP contribution in [0.25, 0.3) is 0 Å². The van der Waals surface area contributed by atoms with Crippen LogP contribution < -0.4 is 10.0 Å². The lowest BCUT2D eigenvalue weighted by Gasteiger charge is -2.38. The van der Waals surface area contributed by atoms with Crippen LogP contribution in [0.2, 0.25) is 0 Å². The summed E-state index contributed by atoms with van der Waals surface area (Å²) >= 11 is 0. The Hall–Kier alpha value is -0.170. The normalized spacial score (nSPS) is 29.4. The van der Waals surface area contributed by atoms with Crippen LogP contribution in [0.5, 0.6) is 0 Å². The Labute approximate surface area is 111 Å². The summed E-state index contributed by atoms with van der Waals surface area (Å²) < 4.78 is 30.0. The van der Waals surface area contributed by atoms with Crippen molar-refractivity contribution in [3.8, 4) is 0 Å². The summed E-state index contributed by atoms with van der Waals surface area (Å²) in [5.41, 5.74) is 0.000917. The van der Waals surface area contributed by atoms with E-state index in [1.807, 2.05) is 0 Å². The molecule has 0 saturated carbocycles. The second kappa shape index (κ2) is 6.84. The third-order valence-electron chi connectivity index (χ3n) is 3.49. The first kappa shape index (κ1) is 15.9. The molecule has 108 valence electrons. The molecule has 1 rings (SSSR count). The van der Waals surface area contributed by atoms with Crippen molar-refractivity contribution < 1.29 is 13.2 Å². The summed E-state index contributed by atoms with van der Waals surface area (Å²) in [7, 11) is -3.05. The molecule has 1 heterocycles. The van der Waals surface area contributed by atoms with Gasteiger partial charge in [0.15, 0.2) is 0 Å². The molecule has 0 amide bonds. The third kappa shape index (κ3) is 6.13. The van der Waals surface area contributed by atoms with Crippen LogP contribution in [-0.4, -0.2) is 46.0 Å². The number of ether oxygens (including phenoxy) is 1. The molecule has 1 aliphatic heterocycles. The Balaban J connectivity index is 2.16. The second-order valence-corrected chi connectivity index (χ2v) is 7.15. The van der Waals surface area contributed by atoms with Crippen LogP contribution in [0.3, 0.4) is 0 Å². The number of sulfonamides is 1. The zero-order chi connectivity index (χ0) is 13.6. The Kier molecular flexibility index (Phi) is 6.04. The lowest BCUT2D eigenvalue weighted by Crippen LogP contribution is -2.45. The number of nitrogens with one attached hydrogen (secondary N) is 2. The van der Waals surface area contributed by atoms with Crippen molar-refractivity contribution in [1.82, 2.24) is 10.0 Å². The summed E-state index contributed by atoms with van der Waals surface area (Å²) in [4.78, 5) is 0. The molecular formula is C12H26N2O3S. The molecule has 1 aliphatic rings. The predicted octanol–water partition coefficient (Wildman–Crippen LogP) is 0.863. The summed E-state index contributed by atoms with van der Waals surface area (Å²) in [5, 5.41) is 3.48. The molecule has 18 heavy (non-hydrogen) atoms. The van der Waals surface area contributed by atoms with Gasteiger partial charge in [-0.25, -0.2) is 13.1 Å². The molecule has 2 N–H and O–H groups in total. The molecule has 1 saturated heterocycles. The van der Waals surface area contributed by atoms with Gasteiger partial charge in [0.05, 0.1) is 11.9 Å². The summed E-state index contributed by atoms with van der Waals surface area (Å²) in [6.45, 7) is 6.46. The van der Waals surface area contributed by atoms with E-state index in [9.17, 15) is 8.42 Å². The molecule has 1 fully saturated rings. The van der Waals surface area contributed by atoms with Gasteiger partial charge in [-0.3, -0.25) is 0 Å². The fourth-order valence-electron chi connectivity index (χ4n) is 2.20. The fraction of sp³-hybridized carbons (Fsp3) is 1.00. The standard InChI is InChI=1S/C12H26N2O3S/c1-4-12(2)10-11(6-9-17-12)13-7-5-8-14-18(3,15)16/h11,13-14H,4-10H2,1-3H3. The predicted molar refractivity (Wildman–Crippen MR) is 73.1 cm³/mol. The van der Waals surface area contributed by atoms with Gasteiger partial charge in [-0.2, -0.15) is 0 Å². The molecule has 2 unspecified atom stereocenters. The number of rotatable bonds is 7. The van der Waals surface area contributed by atoms with Crippen molar-refractivity contribution >= 4 is 10.0 Å². The van der Waals surface area contributed by atoms with Gasteiger partial charge in [-0.05, 0) is 39.2 Å². The molecule has 2 atom stereocenters. The summed E-state index contributed by atoms with van der Waals surface area (Å²) in [6, 6.07) is 0.488. The Morgan fingerprint density at radius 1 is 1.39 bits per heavy atom. The number of hydrogen-bond acceptors (Lipinski definition) is 4. The van der Waals surface area contributed by atoms with Gasteiger partial charge in [0.1, 0.15) is 0 Å². The minimum Gasteiger partial charge on any atom is -0.375 e. The van der Waals surface area contributed by atoms with E-state index < -0.39 is 10.0 Å². The van der Waals surface area contributed by atoms with Gasteiger partial charge in [0, 0.05) is 19.2 Å². The lowest BCUT2D eigenvalue weighted by atomic mass is 9.90. The van der Waals surface area contributed by atoms with Crippen molar-refractivity contribution in [2.75, 3.05) is 26.0 Å². The highest BCUT2D eigenvalue weighted by atomic mass is 32.2. The van der Waals surface area contributed by atoms with Gasteiger partial charge in [0.2, 0.25) is 10.0 Å². The van der Waals surface area contributed by atoms with Crippen LogP contribution in [-0.2, 0) is 14.8 Å². The first-order valence-corrected chi connectivity index (χ1v) is 8.56. The first-order valence-electron chi connectivity index (χ1n) is 6.66. The molecule has 0 aromatic rings. The van der Waals surface area contributed by atoms with Gasteiger partial charge >= 0.3 is 0 Å². The largest absolute Gasteiger partial charge is 0.375 e. The van der Waals surface area contributed by atoms with Gasteiger partial charge in [-0.15, -0.1) is 0 Å². The van der Waals surface area contributed by atoms with Crippen molar-refractivity contribution in [1.29, 1.82) is 0 Å². The average molecular weight is 278 g/mol. The van der Waals surface area contributed by atoms with Crippen LogP contribution in [0.4, 0.5) is 0 Å². The minimum atomic E-state index is -3.05. The Morgan fingerprint density at radius 3 is 2.72 bits per heavy atom. The van der Waals surface area contributed by atoms with E-state index in [2.05, 4.69) is 23.9 Å². The Morgan fingerprint density at radius 2 is 2.11 bits per heavy atom. The van der Waals surface area contributed by atoms with Crippen LogP contribution in [0.15, 0.2) is 0 Å². The minimum absolute atomic E-state index is 0.000917. The van der Waals surface area contributed by atoms with Crippen LogP contribution >= 0.6 is 0 Å². The highest BCUT2D eigenvalue weighted by Crippen LogP contribution is 2.27. The maximum absolute atomic E-state index is 10.9. The Bertz CT molecular complexity index is 345. The lowest BCUT2D eigenvalue weighted by molar-refractivity contribution is -0.0778. The molecule has 5 nitrogen and oxygen atoms in total. The zero-order valence-electron chi connectivity index (χ0n) is 11.7. The highest BCUT2D eigenvalue weighted by molar-refractivity contribution is 7.88. The van der Waals surface area contributed by atoms with Gasteiger partial charge in [0.25, 0.3) is 0 Å². The van der Waals surface area contributed by atoms with E-state index in [1.165, 1.54) is 6.26 Å². The quantitative estimate of drug-likeness (QED) is 0.678. The molecule has 0 aromatic carbocycles. The van der Waals surface area contributed by atoms with E-state index in [-0.39, 0.29) is 5.60 Å². The number of hydrogen-bond donors (Lipinski definition) is 2. The van der Waals surface area contributed by atoms with E-state index in [1.54, 1.807) is 0 Å². The van der Waals surface area contributed by atoms with Gasteiger partial charge in [-0.1, -0.05) is 6.92 Å². The fourth-order valence-corrected chi connectivity index (χ4v) is 2.72. The van der Waals surface area contributed by atoms with E-state index >= 15 is 0 Å². The molecular weight excluding hydrogens is 252 g/mol. The topological polar surface area (TPSA) is 67.4 Å². The van der Waals surface area contributed by atoms with Crippen LogP contribution in [0, 0.1) is 0 Å². The third-order valence-corrected chi connectivity index (χ3v) is 4.22. The average Bonchev–Trinajstić information content (AvgIpc) is 2.27. The van der Waals surface area contributed by atoms with Crippen molar-refractivity contribution in [2.24, 2.45) is 0 Å². The second-order valence-electron chi connectivity index (χ2n) is 5.32. The molecule has 0 aliphatic carbocycles. The molecule has 6 heteroatoms. The SMILES string of the molecule is CCC1(C)CC(NCCCNS(C)(=O)=O)CCO1. The van der Waals surface area contributed by atoms with E-state index in [0.29, 0.717) is 12.6 Å². The summed E-state index contributed by atoms with van der Waals surface area (Å²) in [5.74, 6) is 0. The monoisotopic (exact) mass is 278 g/mol.